The van der Waals surface area contributed by atoms with Crippen LogP contribution in [0.4, 0.5) is 0 Å². The van der Waals surface area contributed by atoms with Gasteiger partial charge < -0.3 is 10.2 Å². The average molecular weight is 362 g/mol. The van der Waals surface area contributed by atoms with Crippen molar-refractivity contribution >= 4 is 9.84 Å². The maximum absolute atomic E-state index is 13.1. The Bertz CT molecular complexity index is 829. The minimum Gasteiger partial charge on any atom is -0.508 e. The fourth-order valence-corrected chi connectivity index (χ4v) is 4.01. The topological polar surface area (TPSA) is 74.6 Å². The summed E-state index contributed by atoms with van der Waals surface area (Å²) in [6.45, 7) is 11.5. The van der Waals surface area contributed by atoms with Crippen molar-refractivity contribution in [1.29, 1.82) is 0 Å². The van der Waals surface area contributed by atoms with Crippen molar-refractivity contribution in [2.45, 2.75) is 62.2 Å². The Balaban J connectivity index is 2.65. The van der Waals surface area contributed by atoms with Crippen molar-refractivity contribution in [1.82, 2.24) is 0 Å². The van der Waals surface area contributed by atoms with Gasteiger partial charge in [0.2, 0.25) is 9.84 Å². The number of phenolic OH excluding ortho intramolecular Hbond substituents is 2. The molecule has 0 radical (unpaired) electrons. The first-order valence-electron chi connectivity index (χ1n) is 8.16. The van der Waals surface area contributed by atoms with Gasteiger partial charge in [-0.1, -0.05) is 41.5 Å². The first-order valence-corrected chi connectivity index (χ1v) is 9.65. The fourth-order valence-electron chi connectivity index (χ4n) is 2.70. The molecule has 0 heterocycles. The summed E-state index contributed by atoms with van der Waals surface area (Å²) in [5.41, 5.74) is 0.370. The van der Waals surface area contributed by atoms with Crippen LogP contribution in [0.15, 0.2) is 46.2 Å². The first kappa shape index (κ1) is 19.3. The van der Waals surface area contributed by atoms with Crippen LogP contribution in [-0.4, -0.2) is 18.6 Å². The summed E-state index contributed by atoms with van der Waals surface area (Å²) in [5, 5.41) is 20.1. The zero-order valence-electron chi connectivity index (χ0n) is 15.6. The van der Waals surface area contributed by atoms with Crippen LogP contribution in [0.25, 0.3) is 0 Å². The number of aromatic hydroxyl groups is 2. The molecule has 0 amide bonds. The van der Waals surface area contributed by atoms with Crippen molar-refractivity contribution < 1.29 is 18.6 Å². The molecular weight excluding hydrogens is 336 g/mol. The Morgan fingerprint density at radius 3 is 1.28 bits per heavy atom. The predicted molar refractivity (Wildman–Crippen MR) is 99.1 cm³/mol. The second-order valence-electron chi connectivity index (χ2n) is 8.36. The second-order valence-corrected chi connectivity index (χ2v) is 10.3. The number of hydrogen-bond donors (Lipinski definition) is 2. The van der Waals surface area contributed by atoms with E-state index in [1.54, 1.807) is 0 Å². The van der Waals surface area contributed by atoms with E-state index in [1.807, 2.05) is 41.5 Å². The van der Waals surface area contributed by atoms with Gasteiger partial charge in [0.15, 0.2) is 0 Å². The van der Waals surface area contributed by atoms with Gasteiger partial charge in [0.1, 0.15) is 11.5 Å². The third-order valence-electron chi connectivity index (χ3n) is 4.17. The number of phenols is 2. The zero-order valence-corrected chi connectivity index (χ0v) is 16.4. The highest BCUT2D eigenvalue weighted by Crippen LogP contribution is 2.36. The van der Waals surface area contributed by atoms with Crippen LogP contribution in [0.1, 0.15) is 52.7 Å². The molecule has 25 heavy (non-hydrogen) atoms. The standard InChI is InChI=1S/C20H26O4S/c1-19(2,3)15-11-13(7-9-17(15)21)25(23,24)14-8-10-18(22)16(12-14)20(4,5)6/h7-12,21-22H,1-6H3. The Labute approximate surface area is 150 Å². The van der Waals surface area contributed by atoms with Gasteiger partial charge in [-0.15, -0.1) is 0 Å². The number of hydrogen-bond acceptors (Lipinski definition) is 4. The number of rotatable bonds is 2. The van der Waals surface area contributed by atoms with E-state index in [-0.39, 0.29) is 32.1 Å². The quantitative estimate of drug-likeness (QED) is 0.823. The molecule has 5 heteroatoms. The molecule has 2 N–H and O–H groups in total. The van der Waals surface area contributed by atoms with Gasteiger partial charge >= 0.3 is 0 Å². The maximum atomic E-state index is 13.1. The van der Waals surface area contributed by atoms with E-state index >= 15 is 0 Å². The Hall–Kier alpha value is -2.01. The summed E-state index contributed by atoms with van der Waals surface area (Å²) in [5.74, 6) is 0.153. The van der Waals surface area contributed by atoms with Gasteiger partial charge in [0.25, 0.3) is 0 Å². The van der Waals surface area contributed by atoms with Crippen LogP contribution in [0.2, 0.25) is 0 Å². The van der Waals surface area contributed by atoms with Gasteiger partial charge in [-0.05, 0) is 47.2 Å². The molecule has 2 rings (SSSR count). The lowest BCUT2D eigenvalue weighted by atomic mass is 9.86. The van der Waals surface area contributed by atoms with E-state index in [0.717, 1.165) is 0 Å². The molecule has 0 aliphatic rings. The minimum atomic E-state index is -3.76. The minimum absolute atomic E-state index is 0.0764. The van der Waals surface area contributed by atoms with Gasteiger partial charge in [0, 0.05) is 11.1 Å². The van der Waals surface area contributed by atoms with Crippen LogP contribution >= 0.6 is 0 Å². The van der Waals surface area contributed by atoms with E-state index in [1.165, 1.54) is 36.4 Å². The van der Waals surface area contributed by atoms with Crippen molar-refractivity contribution in [2.24, 2.45) is 0 Å². The third kappa shape index (κ3) is 3.82. The van der Waals surface area contributed by atoms with Crippen LogP contribution in [-0.2, 0) is 20.7 Å². The van der Waals surface area contributed by atoms with Crippen LogP contribution < -0.4 is 0 Å². The van der Waals surface area contributed by atoms with E-state index in [9.17, 15) is 18.6 Å². The van der Waals surface area contributed by atoms with E-state index < -0.39 is 9.84 Å². The lowest BCUT2D eigenvalue weighted by molar-refractivity contribution is 0.445. The van der Waals surface area contributed by atoms with Crippen molar-refractivity contribution in [3.63, 3.8) is 0 Å². The smallest absolute Gasteiger partial charge is 0.206 e. The molecular formula is C20H26O4S. The van der Waals surface area contributed by atoms with Crippen molar-refractivity contribution in [2.75, 3.05) is 0 Å². The summed E-state index contributed by atoms with van der Waals surface area (Å²) < 4.78 is 26.1. The molecule has 4 nitrogen and oxygen atoms in total. The molecule has 0 aliphatic heterocycles. The molecule has 2 aromatic carbocycles. The lowest BCUT2D eigenvalue weighted by Gasteiger charge is -2.22. The Kier molecular flexibility index (Phi) is 4.68. The SMILES string of the molecule is CC(C)(C)c1cc(S(=O)(=O)c2ccc(O)c(C(C)(C)C)c2)ccc1O. The largest absolute Gasteiger partial charge is 0.508 e. The third-order valence-corrected chi connectivity index (χ3v) is 5.92. The zero-order chi connectivity index (χ0) is 19.2. The Morgan fingerprint density at radius 2 is 1.00 bits per heavy atom. The molecule has 0 unspecified atom stereocenters. The van der Waals surface area contributed by atoms with Crippen LogP contribution in [0.3, 0.4) is 0 Å². The highest BCUT2D eigenvalue weighted by Gasteiger charge is 2.26. The summed E-state index contributed by atoms with van der Waals surface area (Å²) in [4.78, 5) is 0.251. The highest BCUT2D eigenvalue weighted by molar-refractivity contribution is 7.91. The molecule has 2 aromatic rings. The normalized spacial score (nSPS) is 13.0. The second kappa shape index (κ2) is 6.06. The molecule has 0 saturated carbocycles. The summed E-state index contributed by atoms with van der Waals surface area (Å²) in [6, 6.07) is 8.69. The average Bonchev–Trinajstić information content (AvgIpc) is 2.45. The van der Waals surface area contributed by atoms with Crippen LogP contribution in [0.5, 0.6) is 11.5 Å². The summed E-state index contributed by atoms with van der Waals surface area (Å²) >= 11 is 0. The highest BCUT2D eigenvalue weighted by atomic mass is 32.2. The molecule has 136 valence electrons. The van der Waals surface area contributed by atoms with Gasteiger partial charge in [-0.25, -0.2) is 8.42 Å². The van der Waals surface area contributed by atoms with Gasteiger partial charge in [0.05, 0.1) is 9.79 Å². The molecule has 0 saturated heterocycles. The molecule has 0 fully saturated rings. The lowest BCUT2D eigenvalue weighted by Crippen LogP contribution is -2.14. The van der Waals surface area contributed by atoms with E-state index in [0.29, 0.717) is 11.1 Å². The van der Waals surface area contributed by atoms with E-state index in [2.05, 4.69) is 0 Å². The van der Waals surface area contributed by atoms with E-state index in [4.69, 9.17) is 0 Å². The number of benzene rings is 2. The maximum Gasteiger partial charge on any atom is 0.206 e. The van der Waals surface area contributed by atoms with Crippen LogP contribution in [0, 0.1) is 0 Å². The molecule has 0 bridgehead atoms. The molecule has 0 spiro atoms. The molecule has 0 atom stereocenters. The Morgan fingerprint density at radius 1 is 0.680 bits per heavy atom. The fraction of sp³-hybridized carbons (Fsp3) is 0.400. The van der Waals surface area contributed by atoms with Gasteiger partial charge in [-0.3, -0.25) is 0 Å². The van der Waals surface area contributed by atoms with Gasteiger partial charge in [-0.2, -0.15) is 0 Å². The summed E-state index contributed by atoms with van der Waals surface area (Å²) in [7, 11) is -3.76. The van der Waals surface area contributed by atoms with Crippen molar-refractivity contribution in [3.05, 3.63) is 47.5 Å². The first-order chi connectivity index (χ1) is 11.2. The summed E-state index contributed by atoms with van der Waals surface area (Å²) in [6.07, 6.45) is 0. The number of sulfone groups is 1. The van der Waals surface area contributed by atoms with Crippen molar-refractivity contribution in [3.8, 4) is 11.5 Å². The predicted octanol–water partition coefficient (Wildman–Crippen LogP) is 4.53. The molecule has 0 aromatic heterocycles. The monoisotopic (exact) mass is 362 g/mol. The molecule has 0 aliphatic carbocycles.